The Balaban J connectivity index is 1.15. The topological polar surface area (TPSA) is 40.9 Å². The Labute approximate surface area is 250 Å². The van der Waals surface area contributed by atoms with E-state index in [4.69, 9.17) is 4.98 Å². The fourth-order valence-corrected chi connectivity index (χ4v) is 6.70. The van der Waals surface area contributed by atoms with Crippen molar-refractivity contribution in [1.29, 1.82) is 0 Å². The van der Waals surface area contributed by atoms with Gasteiger partial charge in [-0.1, -0.05) is 48.5 Å². The van der Waals surface area contributed by atoms with Gasteiger partial charge in [0.1, 0.15) is 5.65 Å². The van der Waals surface area contributed by atoms with Crippen LogP contribution >= 0.6 is 11.3 Å². The average Bonchev–Trinajstić information content (AvgIpc) is 3.63. The van der Waals surface area contributed by atoms with Crippen LogP contribution in [0, 0.1) is 0 Å². The number of amides is 1. The van der Waals surface area contributed by atoms with Gasteiger partial charge in [0.25, 0.3) is 5.91 Å². The minimum atomic E-state index is -4.43. The molecule has 0 bridgehead atoms. The molecule has 0 atom stereocenters. The van der Waals surface area contributed by atoms with Crippen LogP contribution in [-0.2, 0) is 12.7 Å². The van der Waals surface area contributed by atoms with Crippen LogP contribution in [0.15, 0.2) is 103 Å². The van der Waals surface area contributed by atoms with Gasteiger partial charge in [-0.05, 0) is 53.9 Å². The predicted octanol–water partition coefficient (Wildman–Crippen LogP) is 7.86. The Hall–Kier alpha value is -4.47. The first-order chi connectivity index (χ1) is 20.8. The molecule has 6 aromatic rings. The van der Waals surface area contributed by atoms with Gasteiger partial charge in [0.15, 0.2) is 0 Å². The number of aromatic nitrogens is 2. The van der Waals surface area contributed by atoms with Crippen molar-refractivity contribution in [3.8, 4) is 21.7 Å². The van der Waals surface area contributed by atoms with E-state index in [1.54, 1.807) is 16.2 Å². The molecule has 0 unspecified atom stereocenters. The maximum atomic E-state index is 13.0. The molecule has 0 N–H and O–H groups in total. The Bertz CT molecular complexity index is 1890. The van der Waals surface area contributed by atoms with E-state index < -0.39 is 11.7 Å². The molecule has 1 fully saturated rings. The normalized spacial score (nSPS) is 14.5. The lowest BCUT2D eigenvalue weighted by Crippen LogP contribution is -2.48. The lowest BCUT2D eigenvalue weighted by molar-refractivity contribution is -0.137. The highest BCUT2D eigenvalue weighted by atomic mass is 32.1. The third kappa shape index (κ3) is 5.42. The van der Waals surface area contributed by atoms with Crippen LogP contribution in [0.25, 0.3) is 37.4 Å². The number of fused-ring (bicyclic) bond motifs is 2. The van der Waals surface area contributed by atoms with Crippen molar-refractivity contribution in [2.75, 3.05) is 26.2 Å². The molecule has 1 saturated heterocycles. The first-order valence-electron chi connectivity index (χ1n) is 14.1. The summed E-state index contributed by atoms with van der Waals surface area (Å²) in [6, 6.07) is 29.4. The molecule has 3 aromatic carbocycles. The van der Waals surface area contributed by atoms with Crippen LogP contribution in [0.4, 0.5) is 13.2 Å². The number of halogens is 3. The predicted molar refractivity (Wildman–Crippen MR) is 164 cm³/mol. The van der Waals surface area contributed by atoms with Crippen LogP contribution in [-0.4, -0.2) is 51.3 Å². The largest absolute Gasteiger partial charge is 0.416 e. The minimum absolute atomic E-state index is 0.249. The number of imidazole rings is 1. The van der Waals surface area contributed by atoms with Crippen molar-refractivity contribution in [2.24, 2.45) is 0 Å². The van der Waals surface area contributed by atoms with E-state index in [1.807, 2.05) is 18.2 Å². The van der Waals surface area contributed by atoms with Gasteiger partial charge in [0.2, 0.25) is 0 Å². The number of carbonyl (C=O) groups is 1. The van der Waals surface area contributed by atoms with E-state index in [0.29, 0.717) is 32.7 Å². The van der Waals surface area contributed by atoms with E-state index in [0.717, 1.165) is 40.3 Å². The van der Waals surface area contributed by atoms with Gasteiger partial charge >= 0.3 is 6.18 Å². The minimum Gasteiger partial charge on any atom is -0.336 e. The van der Waals surface area contributed by atoms with Gasteiger partial charge in [0.05, 0.1) is 17.0 Å². The maximum absolute atomic E-state index is 13.0. The van der Waals surface area contributed by atoms with Gasteiger partial charge in [-0.15, -0.1) is 11.3 Å². The standard InChI is InChI=1S/C34H27F3N4OS/c35-34(36,37)27-13-10-24(11-14-27)33(42)40-18-16-39(17-19-40)22-28-32(23-6-2-1-3-7-23)38-31-15-12-26(21-41(28)31)30-20-25-8-4-5-9-29(25)43-30/h1-15,20-21H,16-19,22H2. The van der Waals surface area contributed by atoms with Gasteiger partial charge in [-0.2, -0.15) is 13.2 Å². The first kappa shape index (κ1) is 27.4. The van der Waals surface area contributed by atoms with E-state index in [1.165, 1.54) is 27.1 Å². The summed E-state index contributed by atoms with van der Waals surface area (Å²) >= 11 is 1.77. The molecule has 0 spiro atoms. The second-order valence-corrected chi connectivity index (χ2v) is 11.8. The summed E-state index contributed by atoms with van der Waals surface area (Å²) in [5, 5.41) is 1.22. The molecule has 1 aliphatic heterocycles. The van der Waals surface area contributed by atoms with E-state index in [-0.39, 0.29) is 11.5 Å². The Morgan fingerprint density at radius 3 is 2.26 bits per heavy atom. The van der Waals surface area contributed by atoms with Crippen molar-refractivity contribution in [3.05, 3.63) is 120 Å². The van der Waals surface area contributed by atoms with Crippen LogP contribution in [0.3, 0.4) is 0 Å². The molecule has 5 nitrogen and oxygen atoms in total. The third-order valence-electron chi connectivity index (χ3n) is 7.97. The Morgan fingerprint density at radius 1 is 0.814 bits per heavy atom. The first-order valence-corrected chi connectivity index (χ1v) is 14.9. The molecule has 43 heavy (non-hydrogen) atoms. The maximum Gasteiger partial charge on any atom is 0.416 e. The third-order valence-corrected chi connectivity index (χ3v) is 9.13. The smallest absolute Gasteiger partial charge is 0.336 e. The SMILES string of the molecule is O=C(c1ccc(C(F)(F)F)cc1)N1CCN(Cc2c(-c3ccccc3)nc3ccc(-c4cc5ccccc5s4)cn23)CC1. The molecule has 216 valence electrons. The van der Waals surface area contributed by atoms with Gasteiger partial charge in [-0.25, -0.2) is 4.98 Å². The number of rotatable bonds is 5. The molecular formula is C34H27F3N4OS. The number of nitrogens with zero attached hydrogens (tertiary/aromatic N) is 4. The van der Waals surface area contributed by atoms with Gasteiger partial charge < -0.3 is 9.30 Å². The molecule has 1 amide bonds. The molecule has 4 heterocycles. The van der Waals surface area contributed by atoms with Crippen molar-refractivity contribution < 1.29 is 18.0 Å². The second-order valence-electron chi connectivity index (χ2n) is 10.7. The van der Waals surface area contributed by atoms with E-state index in [9.17, 15) is 18.0 Å². The molecular weight excluding hydrogens is 569 g/mol. The number of hydrogen-bond donors (Lipinski definition) is 0. The zero-order valence-electron chi connectivity index (χ0n) is 23.1. The molecule has 9 heteroatoms. The summed E-state index contributed by atoms with van der Waals surface area (Å²) in [6.07, 6.45) is -2.26. The summed E-state index contributed by atoms with van der Waals surface area (Å²) in [7, 11) is 0. The highest BCUT2D eigenvalue weighted by molar-refractivity contribution is 7.22. The Kier molecular flexibility index (Phi) is 6.99. The molecule has 7 rings (SSSR count). The average molecular weight is 597 g/mol. The number of pyridine rings is 1. The van der Waals surface area contributed by atoms with Crippen molar-refractivity contribution in [2.45, 2.75) is 12.7 Å². The molecule has 3 aromatic heterocycles. The zero-order chi connectivity index (χ0) is 29.6. The highest BCUT2D eigenvalue weighted by Gasteiger charge is 2.31. The molecule has 1 aliphatic rings. The van der Waals surface area contributed by atoms with Crippen LogP contribution in [0.2, 0.25) is 0 Å². The molecule has 0 aliphatic carbocycles. The fraction of sp³-hybridized carbons (Fsp3) is 0.176. The number of piperazine rings is 1. The van der Waals surface area contributed by atoms with E-state index >= 15 is 0 Å². The summed E-state index contributed by atoms with van der Waals surface area (Å²) < 4.78 is 42.3. The lowest BCUT2D eigenvalue weighted by atomic mass is 10.1. The Morgan fingerprint density at radius 2 is 1.53 bits per heavy atom. The van der Waals surface area contributed by atoms with Crippen LogP contribution in [0.1, 0.15) is 21.6 Å². The second kappa shape index (κ2) is 11.0. The molecule has 0 saturated carbocycles. The monoisotopic (exact) mass is 596 g/mol. The van der Waals surface area contributed by atoms with Crippen molar-refractivity contribution in [1.82, 2.24) is 19.2 Å². The van der Waals surface area contributed by atoms with Crippen molar-refractivity contribution >= 4 is 33.0 Å². The van der Waals surface area contributed by atoms with Gasteiger partial charge in [0, 0.05) is 65.2 Å². The summed E-state index contributed by atoms with van der Waals surface area (Å²) in [4.78, 5) is 23.3. The van der Waals surface area contributed by atoms with Gasteiger partial charge in [-0.3, -0.25) is 9.69 Å². The quantitative estimate of drug-likeness (QED) is 0.204. The number of alkyl halides is 3. The summed E-state index contributed by atoms with van der Waals surface area (Å²) in [6.45, 7) is 2.91. The van der Waals surface area contributed by atoms with Crippen LogP contribution in [0.5, 0.6) is 0 Å². The van der Waals surface area contributed by atoms with Crippen LogP contribution < -0.4 is 0 Å². The number of carbonyl (C=O) groups excluding carboxylic acids is 1. The summed E-state index contributed by atoms with van der Waals surface area (Å²) in [5.74, 6) is -0.249. The van der Waals surface area contributed by atoms with E-state index in [2.05, 4.69) is 70.1 Å². The zero-order valence-corrected chi connectivity index (χ0v) is 23.9. The number of thiophene rings is 1. The summed E-state index contributed by atoms with van der Waals surface area (Å²) in [5.41, 5.74) is 4.55. The fourth-order valence-electron chi connectivity index (χ4n) is 5.65. The lowest BCUT2D eigenvalue weighted by Gasteiger charge is -2.34. The molecule has 0 radical (unpaired) electrons. The number of hydrogen-bond acceptors (Lipinski definition) is 4. The highest BCUT2D eigenvalue weighted by Crippen LogP contribution is 2.35. The number of benzene rings is 3. The van der Waals surface area contributed by atoms with Crippen molar-refractivity contribution in [3.63, 3.8) is 0 Å².